The highest BCUT2D eigenvalue weighted by molar-refractivity contribution is 6.23. The van der Waals surface area contributed by atoms with E-state index in [1.165, 1.54) is 0 Å². The van der Waals surface area contributed by atoms with E-state index in [-0.39, 0.29) is 29.3 Å². The van der Waals surface area contributed by atoms with Crippen molar-refractivity contribution in [2.45, 2.75) is 25.0 Å². The minimum absolute atomic E-state index is 0.127. The number of nitrogens with zero attached hydrogens (tertiary/aromatic N) is 2. The monoisotopic (exact) mass is 304 g/mol. The van der Waals surface area contributed by atoms with Crippen LogP contribution in [0.5, 0.6) is 5.75 Å². The van der Waals surface area contributed by atoms with Gasteiger partial charge in [-0.25, -0.2) is 4.90 Å². The number of amides is 2. The highest BCUT2D eigenvalue weighted by atomic mass is 16.6. The summed E-state index contributed by atoms with van der Waals surface area (Å²) < 4.78 is 5.62. The van der Waals surface area contributed by atoms with Gasteiger partial charge in [0.25, 0.3) is 5.69 Å². The maximum absolute atomic E-state index is 12.6. The number of anilines is 1. The van der Waals surface area contributed by atoms with Crippen LogP contribution in [0.3, 0.4) is 0 Å². The van der Waals surface area contributed by atoms with E-state index in [1.807, 2.05) is 0 Å². The van der Waals surface area contributed by atoms with Gasteiger partial charge in [-0.1, -0.05) is 0 Å². The van der Waals surface area contributed by atoms with Crippen LogP contribution in [-0.4, -0.2) is 34.1 Å². The molecule has 0 aliphatic carbocycles. The smallest absolute Gasteiger partial charge is 0.271 e. The van der Waals surface area contributed by atoms with Gasteiger partial charge in [0.1, 0.15) is 11.4 Å². The zero-order valence-electron chi connectivity index (χ0n) is 11.3. The summed E-state index contributed by atoms with van der Waals surface area (Å²) >= 11 is 0. The Bertz CT molecular complexity index is 689. The molecular formula is C14H12N2O6. The van der Waals surface area contributed by atoms with Gasteiger partial charge in [0.05, 0.1) is 29.0 Å². The van der Waals surface area contributed by atoms with E-state index in [9.17, 15) is 24.8 Å². The molecule has 0 aromatic heterocycles. The molecule has 0 radical (unpaired) electrons. The molecule has 8 nitrogen and oxygen atoms in total. The van der Waals surface area contributed by atoms with Crippen molar-refractivity contribution in [1.82, 2.24) is 0 Å². The van der Waals surface area contributed by atoms with Crippen molar-refractivity contribution in [3.8, 4) is 5.75 Å². The van der Waals surface area contributed by atoms with Crippen molar-refractivity contribution >= 4 is 23.2 Å². The van der Waals surface area contributed by atoms with Crippen LogP contribution >= 0.6 is 0 Å². The number of rotatable bonds is 2. The highest BCUT2D eigenvalue weighted by Gasteiger charge is 2.62. The molecule has 1 N–H and O–H groups in total. The summed E-state index contributed by atoms with van der Waals surface area (Å²) in [5.74, 6) is -2.30. The first-order valence-electron chi connectivity index (χ1n) is 6.99. The second-order valence-corrected chi connectivity index (χ2v) is 5.78. The molecule has 3 aliphatic heterocycles. The van der Waals surface area contributed by atoms with Gasteiger partial charge in [0.2, 0.25) is 11.8 Å². The van der Waals surface area contributed by atoms with E-state index < -0.39 is 28.6 Å². The predicted molar refractivity (Wildman–Crippen MR) is 72.1 cm³/mol. The number of fused-ring (bicyclic) bond motifs is 5. The number of hydrogen-bond acceptors (Lipinski definition) is 6. The van der Waals surface area contributed by atoms with Crippen LogP contribution in [-0.2, 0) is 14.3 Å². The van der Waals surface area contributed by atoms with Crippen molar-refractivity contribution in [3.63, 3.8) is 0 Å². The maximum atomic E-state index is 12.6. The van der Waals surface area contributed by atoms with Crippen LogP contribution in [0.1, 0.15) is 12.8 Å². The lowest BCUT2D eigenvalue weighted by Gasteiger charge is -2.18. The second-order valence-electron chi connectivity index (χ2n) is 5.78. The molecule has 3 saturated heterocycles. The van der Waals surface area contributed by atoms with E-state index in [0.717, 1.165) is 35.9 Å². The standard InChI is InChI=1S/C14H12N2O6/c17-8-2-1-6(16(20)21)5-7(8)15-13(18)11-9-3-4-10(22-9)12(11)14(15)19/h1-2,5,9-12,17H,3-4H2/t9-,10-,11-,12-/m0/s1. The number of benzene rings is 1. The number of hydrogen-bond donors (Lipinski definition) is 1. The minimum atomic E-state index is -0.637. The zero-order valence-corrected chi connectivity index (χ0v) is 11.3. The highest BCUT2D eigenvalue weighted by Crippen LogP contribution is 2.50. The van der Waals surface area contributed by atoms with Crippen molar-refractivity contribution in [3.05, 3.63) is 28.3 Å². The largest absolute Gasteiger partial charge is 0.506 e. The van der Waals surface area contributed by atoms with Crippen LogP contribution in [0.2, 0.25) is 0 Å². The lowest BCUT2D eigenvalue weighted by molar-refractivity contribution is -0.384. The Morgan fingerprint density at radius 2 is 1.77 bits per heavy atom. The van der Waals surface area contributed by atoms with Gasteiger partial charge in [0.15, 0.2) is 0 Å². The fourth-order valence-electron chi connectivity index (χ4n) is 3.75. The summed E-state index contributed by atoms with van der Waals surface area (Å²) in [6, 6.07) is 3.29. The van der Waals surface area contributed by atoms with E-state index >= 15 is 0 Å². The Morgan fingerprint density at radius 3 is 2.32 bits per heavy atom. The molecule has 3 fully saturated rings. The van der Waals surface area contributed by atoms with Crippen LogP contribution in [0.4, 0.5) is 11.4 Å². The molecule has 0 spiro atoms. The Balaban J connectivity index is 1.78. The van der Waals surface area contributed by atoms with E-state index in [2.05, 4.69) is 0 Å². The van der Waals surface area contributed by atoms with Gasteiger partial charge >= 0.3 is 0 Å². The fourth-order valence-corrected chi connectivity index (χ4v) is 3.75. The van der Waals surface area contributed by atoms with Crippen LogP contribution < -0.4 is 4.90 Å². The number of phenolic OH excluding ortho intramolecular Hbond substituents is 1. The van der Waals surface area contributed by atoms with Crippen molar-refractivity contribution < 1.29 is 24.4 Å². The summed E-state index contributed by atoms with van der Waals surface area (Å²) in [7, 11) is 0. The second kappa shape index (κ2) is 4.26. The predicted octanol–water partition coefficient (Wildman–Crippen LogP) is 0.967. The van der Waals surface area contributed by atoms with E-state index in [0.29, 0.717) is 0 Å². The molecule has 8 heteroatoms. The molecule has 114 valence electrons. The van der Waals surface area contributed by atoms with Crippen LogP contribution in [0, 0.1) is 22.0 Å². The van der Waals surface area contributed by atoms with Crippen molar-refractivity contribution in [1.29, 1.82) is 0 Å². The van der Waals surface area contributed by atoms with Gasteiger partial charge in [-0.05, 0) is 18.9 Å². The summed E-state index contributed by atoms with van der Waals surface area (Å²) in [5, 5.41) is 20.8. The van der Waals surface area contributed by atoms with E-state index in [4.69, 9.17) is 4.74 Å². The minimum Gasteiger partial charge on any atom is -0.506 e. The van der Waals surface area contributed by atoms with Crippen molar-refractivity contribution in [2.24, 2.45) is 11.8 Å². The average molecular weight is 304 g/mol. The topological polar surface area (TPSA) is 110 Å². The SMILES string of the molecule is O=C1[C@@H]2[C@@H](C(=O)N1c1cc([N+](=O)[O-])ccc1O)[C@@H]1CC[C@@H]2O1. The first kappa shape index (κ1) is 13.2. The molecule has 3 aliphatic rings. The number of imide groups is 1. The first-order chi connectivity index (χ1) is 10.5. The number of non-ortho nitro benzene ring substituents is 1. The Morgan fingerprint density at radius 1 is 1.18 bits per heavy atom. The van der Waals surface area contributed by atoms with Crippen LogP contribution in [0.25, 0.3) is 0 Å². The molecule has 1 aromatic carbocycles. The molecule has 2 amide bonds. The molecule has 4 rings (SSSR count). The lowest BCUT2D eigenvalue weighted by Crippen LogP contribution is -2.34. The summed E-state index contributed by atoms with van der Waals surface area (Å²) in [6.07, 6.45) is 0.939. The molecule has 4 atom stereocenters. The molecule has 3 heterocycles. The van der Waals surface area contributed by atoms with Crippen LogP contribution in [0.15, 0.2) is 18.2 Å². The lowest BCUT2D eigenvalue weighted by atomic mass is 9.81. The summed E-state index contributed by atoms with van der Waals surface area (Å²) in [5.41, 5.74) is -0.414. The normalized spacial score (nSPS) is 32.6. The van der Waals surface area contributed by atoms with Crippen molar-refractivity contribution in [2.75, 3.05) is 4.90 Å². The number of ether oxygens (including phenoxy) is 1. The third-order valence-electron chi connectivity index (χ3n) is 4.70. The number of aromatic hydroxyl groups is 1. The van der Waals surface area contributed by atoms with Gasteiger partial charge < -0.3 is 9.84 Å². The van der Waals surface area contributed by atoms with E-state index in [1.54, 1.807) is 0 Å². The summed E-state index contributed by atoms with van der Waals surface area (Å²) in [4.78, 5) is 36.2. The van der Waals surface area contributed by atoms with Gasteiger partial charge in [-0.15, -0.1) is 0 Å². The van der Waals surface area contributed by atoms with Gasteiger partial charge in [0, 0.05) is 12.1 Å². The molecular weight excluding hydrogens is 292 g/mol. The molecule has 0 unspecified atom stereocenters. The third kappa shape index (κ3) is 1.55. The summed E-state index contributed by atoms with van der Waals surface area (Å²) in [6.45, 7) is 0. The zero-order chi connectivity index (χ0) is 15.6. The number of carbonyl (C=O) groups excluding carboxylic acids is 2. The van der Waals surface area contributed by atoms with Gasteiger partial charge in [-0.2, -0.15) is 0 Å². The maximum Gasteiger partial charge on any atom is 0.271 e. The quantitative estimate of drug-likeness (QED) is 0.495. The molecule has 1 aromatic rings. The Labute approximate surface area is 124 Å². The fraction of sp³-hybridized carbons (Fsp3) is 0.429. The molecule has 0 saturated carbocycles. The Hall–Kier alpha value is -2.48. The van der Waals surface area contributed by atoms with Gasteiger partial charge in [-0.3, -0.25) is 19.7 Å². The number of nitro groups is 1. The number of carbonyl (C=O) groups is 2. The average Bonchev–Trinajstić information content (AvgIpc) is 3.14. The Kier molecular flexibility index (Phi) is 2.56. The number of phenols is 1. The number of nitro benzene ring substituents is 1. The molecule has 22 heavy (non-hydrogen) atoms. The first-order valence-corrected chi connectivity index (χ1v) is 6.99. The molecule has 2 bridgehead atoms. The third-order valence-corrected chi connectivity index (χ3v) is 4.70.